The summed E-state index contributed by atoms with van der Waals surface area (Å²) in [5.74, 6) is -0.0493. The highest BCUT2D eigenvalue weighted by molar-refractivity contribution is 7.89. The largest absolute Gasteiger partial charge is 0.360 e. The molecular weight excluding hydrogens is 320 g/mol. The van der Waals surface area contributed by atoms with Crippen molar-refractivity contribution < 1.29 is 17.7 Å². The van der Waals surface area contributed by atoms with Gasteiger partial charge in [0.1, 0.15) is 10.6 Å². The number of hydrogen-bond donors (Lipinski definition) is 2. The third-order valence-corrected chi connectivity index (χ3v) is 4.78. The summed E-state index contributed by atoms with van der Waals surface area (Å²) in [6.45, 7) is 3.36. The van der Waals surface area contributed by atoms with E-state index < -0.39 is 10.0 Å². The number of amides is 1. The fourth-order valence-electron chi connectivity index (χ4n) is 2.01. The monoisotopic (exact) mass is 338 g/mol. The van der Waals surface area contributed by atoms with Crippen molar-refractivity contribution in [2.75, 3.05) is 6.54 Å². The van der Waals surface area contributed by atoms with E-state index in [2.05, 4.69) is 20.2 Å². The zero-order chi connectivity index (χ0) is 16.9. The van der Waals surface area contributed by atoms with Gasteiger partial charge in [-0.15, -0.1) is 0 Å². The van der Waals surface area contributed by atoms with Crippen molar-refractivity contribution in [2.24, 2.45) is 0 Å². The van der Waals surface area contributed by atoms with E-state index in [0.29, 0.717) is 6.54 Å². The summed E-state index contributed by atoms with van der Waals surface area (Å²) in [5.41, 5.74) is 1.02. The SMILES string of the molecule is Cc1noc(C)c1S(=O)(=O)NCCC(=O)NCc1ccccn1. The minimum absolute atomic E-state index is 0.0134. The number of nitrogens with one attached hydrogen (secondary N) is 2. The summed E-state index contributed by atoms with van der Waals surface area (Å²) >= 11 is 0. The molecule has 0 aliphatic rings. The Morgan fingerprint density at radius 2 is 2.09 bits per heavy atom. The topological polar surface area (TPSA) is 114 Å². The Bertz CT molecular complexity index is 752. The van der Waals surface area contributed by atoms with Gasteiger partial charge in [-0.1, -0.05) is 11.2 Å². The van der Waals surface area contributed by atoms with Crippen molar-refractivity contribution in [3.63, 3.8) is 0 Å². The lowest BCUT2D eigenvalue weighted by atomic mass is 10.3. The molecule has 2 aromatic rings. The Balaban J connectivity index is 1.81. The predicted molar refractivity (Wildman–Crippen MR) is 81.9 cm³/mol. The van der Waals surface area contributed by atoms with Crippen LogP contribution in [0.4, 0.5) is 0 Å². The van der Waals surface area contributed by atoms with Gasteiger partial charge in [0.05, 0.1) is 12.2 Å². The van der Waals surface area contributed by atoms with E-state index in [9.17, 15) is 13.2 Å². The first-order valence-electron chi connectivity index (χ1n) is 6.99. The smallest absolute Gasteiger partial charge is 0.245 e. The Morgan fingerprint density at radius 1 is 1.30 bits per heavy atom. The molecule has 0 saturated heterocycles. The van der Waals surface area contributed by atoms with Gasteiger partial charge >= 0.3 is 0 Å². The van der Waals surface area contributed by atoms with E-state index in [4.69, 9.17) is 4.52 Å². The molecule has 8 nitrogen and oxygen atoms in total. The Hall–Kier alpha value is -2.26. The molecule has 0 radical (unpaired) electrons. The zero-order valence-electron chi connectivity index (χ0n) is 12.9. The maximum absolute atomic E-state index is 12.1. The molecule has 2 heterocycles. The third kappa shape index (κ3) is 4.60. The lowest BCUT2D eigenvalue weighted by Crippen LogP contribution is -2.31. The number of carbonyl (C=O) groups is 1. The van der Waals surface area contributed by atoms with E-state index in [1.54, 1.807) is 25.3 Å². The number of hydrogen-bond acceptors (Lipinski definition) is 6. The molecule has 2 N–H and O–H groups in total. The molecule has 0 bridgehead atoms. The number of sulfonamides is 1. The number of aromatic nitrogens is 2. The maximum Gasteiger partial charge on any atom is 0.245 e. The quantitative estimate of drug-likeness (QED) is 0.767. The standard InChI is InChI=1S/C14H18N4O4S/c1-10-14(11(2)22-18-10)23(20,21)17-8-6-13(19)16-9-12-5-3-4-7-15-12/h3-5,7,17H,6,8-9H2,1-2H3,(H,16,19). The second-order valence-corrected chi connectivity index (χ2v) is 6.60. The van der Waals surface area contributed by atoms with Gasteiger partial charge in [0.2, 0.25) is 15.9 Å². The minimum Gasteiger partial charge on any atom is -0.360 e. The van der Waals surface area contributed by atoms with Crippen molar-refractivity contribution in [1.82, 2.24) is 20.2 Å². The van der Waals surface area contributed by atoms with Crippen LogP contribution in [0.3, 0.4) is 0 Å². The molecule has 0 aliphatic heterocycles. The molecule has 0 aliphatic carbocycles. The first-order valence-corrected chi connectivity index (χ1v) is 8.47. The van der Waals surface area contributed by atoms with Gasteiger partial charge < -0.3 is 9.84 Å². The number of carbonyl (C=O) groups excluding carboxylic acids is 1. The fourth-order valence-corrected chi connectivity index (χ4v) is 3.37. The molecule has 2 rings (SSSR count). The second-order valence-electron chi connectivity index (χ2n) is 4.90. The van der Waals surface area contributed by atoms with Crippen molar-refractivity contribution in [2.45, 2.75) is 31.7 Å². The highest BCUT2D eigenvalue weighted by Crippen LogP contribution is 2.18. The molecule has 124 valence electrons. The van der Waals surface area contributed by atoms with Crippen LogP contribution in [0.2, 0.25) is 0 Å². The average molecular weight is 338 g/mol. The molecule has 1 amide bonds. The number of nitrogens with zero attached hydrogens (tertiary/aromatic N) is 2. The fraction of sp³-hybridized carbons (Fsp3) is 0.357. The number of aryl methyl sites for hydroxylation is 2. The Kier molecular flexibility index (Phi) is 5.45. The van der Waals surface area contributed by atoms with E-state index in [1.165, 1.54) is 6.92 Å². The van der Waals surface area contributed by atoms with Gasteiger partial charge in [-0.05, 0) is 26.0 Å². The maximum atomic E-state index is 12.1. The van der Waals surface area contributed by atoms with Crippen LogP contribution < -0.4 is 10.0 Å². The van der Waals surface area contributed by atoms with Gasteiger partial charge in [0, 0.05) is 19.2 Å². The minimum atomic E-state index is -3.74. The van der Waals surface area contributed by atoms with Crippen LogP contribution in [0.5, 0.6) is 0 Å². The molecule has 0 fully saturated rings. The molecule has 0 unspecified atom stereocenters. The van der Waals surface area contributed by atoms with Crippen LogP contribution in [-0.4, -0.2) is 31.0 Å². The van der Waals surface area contributed by atoms with Crippen molar-refractivity contribution in [3.05, 3.63) is 41.5 Å². The summed E-state index contributed by atoms with van der Waals surface area (Å²) in [5, 5.41) is 6.28. The molecule has 0 atom stereocenters. The number of rotatable bonds is 7. The Labute approximate surface area is 134 Å². The average Bonchev–Trinajstić information content (AvgIpc) is 2.86. The predicted octanol–water partition coefficient (Wildman–Crippen LogP) is 0.671. The lowest BCUT2D eigenvalue weighted by Gasteiger charge is -2.07. The lowest BCUT2D eigenvalue weighted by molar-refractivity contribution is -0.121. The van der Waals surface area contributed by atoms with Crippen LogP contribution in [0.25, 0.3) is 0 Å². The van der Waals surface area contributed by atoms with Gasteiger partial charge in [-0.2, -0.15) is 0 Å². The molecule has 2 aromatic heterocycles. The normalized spacial score (nSPS) is 11.4. The summed E-state index contributed by atoms with van der Waals surface area (Å²) in [6, 6.07) is 5.40. The molecule has 23 heavy (non-hydrogen) atoms. The molecular formula is C14H18N4O4S. The van der Waals surface area contributed by atoms with Crippen LogP contribution in [0.15, 0.2) is 33.8 Å². The third-order valence-electron chi connectivity index (χ3n) is 3.07. The second kappa shape index (κ2) is 7.34. The molecule has 0 saturated carbocycles. The summed E-state index contributed by atoms with van der Waals surface area (Å²) in [6.07, 6.45) is 1.66. The van der Waals surface area contributed by atoms with Crippen molar-refractivity contribution >= 4 is 15.9 Å². The summed E-state index contributed by atoms with van der Waals surface area (Å²) in [7, 11) is -3.74. The highest BCUT2D eigenvalue weighted by atomic mass is 32.2. The first kappa shape index (κ1) is 17.1. The number of pyridine rings is 1. The van der Waals surface area contributed by atoms with Gasteiger partial charge in [0.25, 0.3) is 0 Å². The van der Waals surface area contributed by atoms with Gasteiger partial charge in [0.15, 0.2) is 5.76 Å². The Morgan fingerprint density at radius 3 is 2.70 bits per heavy atom. The summed E-state index contributed by atoms with van der Waals surface area (Å²) < 4.78 is 31.5. The van der Waals surface area contributed by atoms with E-state index in [1.807, 2.05) is 6.07 Å². The van der Waals surface area contributed by atoms with Gasteiger partial charge in [-0.3, -0.25) is 9.78 Å². The van der Waals surface area contributed by atoms with Crippen LogP contribution >= 0.6 is 0 Å². The molecule has 0 aromatic carbocycles. The van der Waals surface area contributed by atoms with Crippen LogP contribution in [-0.2, 0) is 21.4 Å². The van der Waals surface area contributed by atoms with E-state index in [-0.39, 0.29) is 35.2 Å². The molecule has 0 spiro atoms. The zero-order valence-corrected chi connectivity index (χ0v) is 13.7. The van der Waals surface area contributed by atoms with Crippen LogP contribution in [0.1, 0.15) is 23.6 Å². The van der Waals surface area contributed by atoms with E-state index in [0.717, 1.165) is 5.69 Å². The van der Waals surface area contributed by atoms with Crippen molar-refractivity contribution in [3.8, 4) is 0 Å². The molecule has 9 heteroatoms. The van der Waals surface area contributed by atoms with E-state index >= 15 is 0 Å². The van der Waals surface area contributed by atoms with Crippen molar-refractivity contribution in [1.29, 1.82) is 0 Å². The highest BCUT2D eigenvalue weighted by Gasteiger charge is 2.23. The van der Waals surface area contributed by atoms with Gasteiger partial charge in [-0.25, -0.2) is 13.1 Å². The first-order chi connectivity index (χ1) is 10.9. The summed E-state index contributed by atoms with van der Waals surface area (Å²) in [4.78, 5) is 15.8. The van der Waals surface area contributed by atoms with Crippen LogP contribution in [0, 0.1) is 13.8 Å².